The minimum Gasteiger partial charge on any atom is -0.388 e. The van der Waals surface area contributed by atoms with Crippen molar-refractivity contribution in [2.24, 2.45) is 5.92 Å². The molecule has 0 atom stereocenters. The first-order valence-corrected chi connectivity index (χ1v) is 13.4. The number of aromatic amines is 1. The van der Waals surface area contributed by atoms with Crippen LogP contribution in [0.3, 0.4) is 0 Å². The SMILES string of the molecule is C#CC.C=C(NC)c1c[nH]c2cc(C)c(C(=C)N3CCC(Cc4ccc(F)cc4)CC3)cc12.C=CC.CC. The molecule has 0 spiro atoms. The fraction of sp³-hybridized carbons (Fsp3) is 0.353. The number of allylic oxidation sites excluding steroid dienone is 1. The fourth-order valence-electron chi connectivity index (χ4n) is 4.50. The number of nitrogens with zero attached hydrogens (tertiary/aromatic N) is 1. The number of aromatic nitrogens is 1. The van der Waals surface area contributed by atoms with Crippen molar-refractivity contribution in [1.29, 1.82) is 0 Å². The van der Waals surface area contributed by atoms with Crippen LogP contribution in [0.1, 0.15) is 62.8 Å². The number of fused-ring (bicyclic) bond motifs is 1. The van der Waals surface area contributed by atoms with E-state index in [9.17, 15) is 4.39 Å². The van der Waals surface area contributed by atoms with Gasteiger partial charge in [-0.1, -0.05) is 45.2 Å². The molecule has 3 nitrogen and oxygen atoms in total. The molecule has 0 unspecified atom stereocenters. The summed E-state index contributed by atoms with van der Waals surface area (Å²) in [6.07, 6.45) is 11.6. The topological polar surface area (TPSA) is 31.1 Å². The van der Waals surface area contributed by atoms with Crippen molar-refractivity contribution in [2.75, 3.05) is 20.1 Å². The predicted molar refractivity (Wildman–Crippen MR) is 166 cm³/mol. The second-order valence-corrected chi connectivity index (χ2v) is 9.05. The molecule has 0 amide bonds. The lowest BCUT2D eigenvalue weighted by molar-refractivity contribution is 0.254. The molecule has 0 aliphatic carbocycles. The number of halogens is 1. The van der Waals surface area contributed by atoms with Gasteiger partial charge in [-0.2, -0.15) is 0 Å². The normalized spacial score (nSPS) is 12.4. The van der Waals surface area contributed by atoms with Crippen molar-refractivity contribution in [1.82, 2.24) is 15.2 Å². The largest absolute Gasteiger partial charge is 0.388 e. The van der Waals surface area contributed by atoms with Gasteiger partial charge in [-0.25, -0.2) is 4.39 Å². The van der Waals surface area contributed by atoms with E-state index in [4.69, 9.17) is 0 Å². The second-order valence-electron chi connectivity index (χ2n) is 9.05. The van der Waals surface area contributed by atoms with Gasteiger partial charge in [-0.15, -0.1) is 18.9 Å². The lowest BCUT2D eigenvalue weighted by atomic mass is 9.89. The third kappa shape index (κ3) is 8.99. The summed E-state index contributed by atoms with van der Waals surface area (Å²) >= 11 is 0. The van der Waals surface area contributed by atoms with Gasteiger partial charge in [0.1, 0.15) is 5.82 Å². The van der Waals surface area contributed by atoms with Crippen molar-refractivity contribution in [3.8, 4) is 12.3 Å². The first kappa shape index (κ1) is 32.3. The Morgan fingerprint density at radius 1 is 1.16 bits per heavy atom. The maximum Gasteiger partial charge on any atom is 0.123 e. The second kappa shape index (κ2) is 16.9. The zero-order chi connectivity index (χ0) is 28.7. The summed E-state index contributed by atoms with van der Waals surface area (Å²) in [5, 5.41) is 4.31. The molecule has 1 fully saturated rings. The first-order valence-electron chi connectivity index (χ1n) is 13.4. The summed E-state index contributed by atoms with van der Waals surface area (Å²) in [4.78, 5) is 5.77. The maximum atomic E-state index is 13.1. The number of aryl methyl sites for hydroxylation is 1. The van der Waals surface area contributed by atoms with Crippen LogP contribution in [-0.4, -0.2) is 30.0 Å². The Hall–Kier alpha value is -3.71. The number of benzene rings is 2. The molecular formula is C34H46FN3. The number of hydrogen-bond acceptors (Lipinski definition) is 2. The van der Waals surface area contributed by atoms with Crippen LogP contribution < -0.4 is 5.32 Å². The highest BCUT2D eigenvalue weighted by atomic mass is 19.1. The molecule has 4 rings (SSSR count). The molecule has 1 aromatic heterocycles. The van der Waals surface area contributed by atoms with E-state index < -0.39 is 0 Å². The number of terminal acetylenes is 1. The van der Waals surface area contributed by atoms with E-state index in [1.54, 1.807) is 25.1 Å². The van der Waals surface area contributed by atoms with E-state index in [1.807, 2.05) is 46.1 Å². The van der Waals surface area contributed by atoms with Crippen molar-refractivity contribution >= 4 is 22.3 Å². The van der Waals surface area contributed by atoms with Crippen LogP contribution in [0.2, 0.25) is 0 Å². The Kier molecular flexibility index (Phi) is 14.4. The predicted octanol–water partition coefficient (Wildman–Crippen LogP) is 8.59. The fourth-order valence-corrected chi connectivity index (χ4v) is 4.50. The van der Waals surface area contributed by atoms with Gasteiger partial charge in [-0.05, 0) is 81.3 Å². The molecule has 2 heterocycles. The van der Waals surface area contributed by atoms with Crippen molar-refractivity contribution < 1.29 is 4.39 Å². The Morgan fingerprint density at radius 2 is 1.71 bits per heavy atom. The lowest BCUT2D eigenvalue weighted by Gasteiger charge is -2.35. The van der Waals surface area contributed by atoms with Gasteiger partial charge >= 0.3 is 0 Å². The number of nitrogens with one attached hydrogen (secondary N) is 2. The molecule has 204 valence electrons. The number of likely N-dealkylation sites (tertiary alicyclic amines) is 1. The monoisotopic (exact) mass is 515 g/mol. The Morgan fingerprint density at radius 3 is 2.24 bits per heavy atom. The van der Waals surface area contributed by atoms with E-state index in [0.29, 0.717) is 5.92 Å². The molecule has 2 aromatic carbocycles. The van der Waals surface area contributed by atoms with Gasteiger partial charge in [0.2, 0.25) is 0 Å². The van der Waals surface area contributed by atoms with E-state index in [1.165, 1.54) is 22.1 Å². The molecule has 1 aliphatic heterocycles. The Balaban J connectivity index is 0.000000811. The summed E-state index contributed by atoms with van der Waals surface area (Å²) in [6.45, 7) is 23.6. The minimum atomic E-state index is -0.166. The molecule has 3 aromatic rings. The average Bonchev–Trinajstić information content (AvgIpc) is 3.34. The zero-order valence-electron chi connectivity index (χ0n) is 24.3. The van der Waals surface area contributed by atoms with Gasteiger partial charge in [0.25, 0.3) is 0 Å². The molecule has 0 radical (unpaired) electrons. The first-order chi connectivity index (χ1) is 18.3. The van der Waals surface area contributed by atoms with Crippen molar-refractivity contribution in [2.45, 2.75) is 53.9 Å². The van der Waals surface area contributed by atoms with E-state index in [0.717, 1.165) is 54.8 Å². The van der Waals surface area contributed by atoms with Crippen LogP contribution >= 0.6 is 0 Å². The summed E-state index contributed by atoms with van der Waals surface area (Å²) in [7, 11) is 1.89. The molecule has 0 bridgehead atoms. The van der Waals surface area contributed by atoms with Gasteiger partial charge in [0, 0.05) is 59.8 Å². The number of piperidine rings is 1. The molecule has 38 heavy (non-hydrogen) atoms. The van der Waals surface area contributed by atoms with Crippen LogP contribution in [0.4, 0.5) is 4.39 Å². The van der Waals surface area contributed by atoms with Crippen molar-refractivity contribution in [3.63, 3.8) is 0 Å². The number of H-pyrrole nitrogens is 1. The Labute approximate surface area is 230 Å². The third-order valence-corrected chi connectivity index (χ3v) is 6.40. The minimum absolute atomic E-state index is 0.166. The van der Waals surface area contributed by atoms with Crippen LogP contribution in [0.5, 0.6) is 0 Å². The summed E-state index contributed by atoms with van der Waals surface area (Å²) in [6, 6.07) is 11.4. The Bertz CT molecular complexity index is 1200. The van der Waals surface area contributed by atoms with Gasteiger partial charge in [-0.3, -0.25) is 0 Å². The number of hydrogen-bond donors (Lipinski definition) is 2. The third-order valence-electron chi connectivity index (χ3n) is 6.40. The van der Waals surface area contributed by atoms with Crippen LogP contribution in [-0.2, 0) is 6.42 Å². The van der Waals surface area contributed by atoms with Crippen LogP contribution in [0, 0.1) is 31.0 Å². The highest BCUT2D eigenvalue weighted by Crippen LogP contribution is 2.32. The molecular weight excluding hydrogens is 469 g/mol. The standard InChI is InChI=1S/C26H30FN3.C3H6.C3H4.C2H6/c1-17-13-26-24(25(16-29-26)18(2)28-4)15-23(17)19(3)30-11-9-21(10-12-30)14-20-5-7-22(27)8-6-20;2*1-3-2;1-2/h5-8,13,15-16,21,28-29H,2-3,9-12,14H2,1,4H3;3H,1H2,2H3;1H,2H3;1-2H3. The van der Waals surface area contributed by atoms with Crippen LogP contribution in [0.25, 0.3) is 22.3 Å². The highest BCUT2D eigenvalue weighted by Gasteiger charge is 2.22. The highest BCUT2D eigenvalue weighted by molar-refractivity contribution is 5.94. The van der Waals surface area contributed by atoms with Crippen LogP contribution in [0.15, 0.2) is 68.4 Å². The maximum absolute atomic E-state index is 13.1. The number of rotatable bonds is 6. The average molecular weight is 516 g/mol. The molecule has 0 saturated carbocycles. The smallest absolute Gasteiger partial charge is 0.123 e. The summed E-state index contributed by atoms with van der Waals surface area (Å²) < 4.78 is 13.1. The lowest BCUT2D eigenvalue weighted by Crippen LogP contribution is -2.33. The molecule has 2 N–H and O–H groups in total. The summed E-state index contributed by atoms with van der Waals surface area (Å²) in [5.41, 5.74) is 7.86. The van der Waals surface area contributed by atoms with E-state index in [2.05, 4.69) is 66.3 Å². The molecule has 1 aliphatic rings. The van der Waals surface area contributed by atoms with E-state index >= 15 is 0 Å². The molecule has 4 heteroatoms. The quantitative estimate of drug-likeness (QED) is 0.254. The van der Waals surface area contributed by atoms with Gasteiger partial charge < -0.3 is 15.2 Å². The van der Waals surface area contributed by atoms with Gasteiger partial charge in [0.05, 0.1) is 0 Å². The van der Waals surface area contributed by atoms with E-state index in [-0.39, 0.29) is 5.82 Å². The van der Waals surface area contributed by atoms with Gasteiger partial charge in [0.15, 0.2) is 0 Å². The summed E-state index contributed by atoms with van der Waals surface area (Å²) in [5.74, 6) is 2.72. The zero-order valence-corrected chi connectivity index (χ0v) is 24.3. The molecule has 1 saturated heterocycles. The van der Waals surface area contributed by atoms with Crippen molar-refractivity contribution in [3.05, 3.63) is 96.5 Å².